The second-order valence-corrected chi connectivity index (χ2v) is 6.14. The number of likely N-dealkylation sites (tertiary alicyclic amines) is 1. The Morgan fingerprint density at radius 1 is 1.32 bits per heavy atom. The minimum Gasteiger partial charge on any atom is -0.370 e. The smallest absolute Gasteiger partial charge is 0.223 e. The lowest BCUT2D eigenvalue weighted by Gasteiger charge is -2.22. The zero-order chi connectivity index (χ0) is 17.1. The molecule has 1 aromatic carbocycles. The van der Waals surface area contributed by atoms with Crippen molar-refractivity contribution in [2.24, 2.45) is 22.4 Å². The van der Waals surface area contributed by atoms with E-state index in [1.165, 1.54) is 5.56 Å². The first-order valence-corrected chi connectivity index (χ1v) is 7.92. The van der Waals surface area contributed by atoms with Gasteiger partial charge in [-0.25, -0.2) is 0 Å². The first-order valence-electron chi connectivity index (χ1n) is 7.92. The van der Waals surface area contributed by atoms with Crippen LogP contribution in [0.25, 0.3) is 0 Å². The third-order valence-corrected chi connectivity index (χ3v) is 4.38. The molecule has 0 saturated carbocycles. The maximum Gasteiger partial charge on any atom is 0.223 e. The average Bonchev–Trinajstić information content (AvgIpc) is 3.11. The van der Waals surface area contributed by atoms with Gasteiger partial charge in [0.05, 0.1) is 18.8 Å². The number of nitrogens with two attached hydrogens (primary N) is 2. The number of carbonyl (C=O) groups is 1. The molecule has 2 heterocycles. The van der Waals surface area contributed by atoms with Crippen molar-refractivity contribution in [3.63, 3.8) is 0 Å². The van der Waals surface area contributed by atoms with Crippen molar-refractivity contribution < 1.29 is 4.79 Å². The molecule has 1 aromatic heterocycles. The van der Waals surface area contributed by atoms with Crippen molar-refractivity contribution in [2.75, 3.05) is 13.6 Å². The van der Waals surface area contributed by atoms with Crippen LogP contribution in [0.5, 0.6) is 0 Å². The number of rotatable bonds is 5. The van der Waals surface area contributed by atoms with Gasteiger partial charge in [-0.1, -0.05) is 30.3 Å². The Hall–Kier alpha value is -2.10. The van der Waals surface area contributed by atoms with Crippen molar-refractivity contribution in [1.82, 2.24) is 14.7 Å². The van der Waals surface area contributed by atoms with Crippen LogP contribution in [0.3, 0.4) is 0 Å². The van der Waals surface area contributed by atoms with Crippen LogP contribution >= 0.6 is 24.0 Å². The maximum atomic E-state index is 12.1. The number of benzene rings is 1. The standard InChI is InChI=1S/C17H22N6O.HI/c1-22-15(24)7-13(8-20-17(18)19)16(22)14-9-21-23(11-14)10-12-5-3-2-4-6-12;/h2-6,9,11,13,16H,7-8,10H2,1H3,(H4,18,19,20);1H/t13-,16+;/m0./s1. The highest BCUT2D eigenvalue weighted by Gasteiger charge is 2.38. The molecule has 1 fully saturated rings. The van der Waals surface area contributed by atoms with Gasteiger partial charge in [0, 0.05) is 37.7 Å². The number of hydrogen-bond donors (Lipinski definition) is 2. The van der Waals surface area contributed by atoms with E-state index < -0.39 is 0 Å². The van der Waals surface area contributed by atoms with E-state index >= 15 is 0 Å². The van der Waals surface area contributed by atoms with Crippen molar-refractivity contribution in [1.29, 1.82) is 0 Å². The number of amides is 1. The molecule has 3 rings (SSSR count). The van der Waals surface area contributed by atoms with Crippen LogP contribution in [-0.2, 0) is 11.3 Å². The molecule has 0 aliphatic carbocycles. The molecule has 0 spiro atoms. The van der Waals surface area contributed by atoms with Gasteiger partial charge in [0.1, 0.15) is 0 Å². The summed E-state index contributed by atoms with van der Waals surface area (Å²) in [5.41, 5.74) is 13.0. The predicted octanol–water partition coefficient (Wildman–Crippen LogP) is 1.34. The third kappa shape index (κ3) is 4.50. The van der Waals surface area contributed by atoms with Gasteiger partial charge in [-0.2, -0.15) is 5.10 Å². The lowest BCUT2D eigenvalue weighted by atomic mass is 9.96. The van der Waals surface area contributed by atoms with E-state index in [9.17, 15) is 4.79 Å². The first-order chi connectivity index (χ1) is 11.5. The molecule has 0 bridgehead atoms. The highest BCUT2D eigenvalue weighted by molar-refractivity contribution is 14.0. The Labute approximate surface area is 164 Å². The summed E-state index contributed by atoms with van der Waals surface area (Å²) < 4.78 is 1.89. The Morgan fingerprint density at radius 3 is 2.72 bits per heavy atom. The van der Waals surface area contributed by atoms with E-state index in [0.717, 1.165) is 5.56 Å². The molecule has 2 aromatic rings. The minimum absolute atomic E-state index is 0. The second-order valence-electron chi connectivity index (χ2n) is 6.14. The van der Waals surface area contributed by atoms with E-state index in [1.54, 1.807) is 4.90 Å². The molecular formula is C17H23IN6O. The molecule has 1 aliphatic heterocycles. The van der Waals surface area contributed by atoms with Gasteiger partial charge in [-0.15, -0.1) is 24.0 Å². The van der Waals surface area contributed by atoms with Crippen molar-refractivity contribution >= 4 is 35.8 Å². The summed E-state index contributed by atoms with van der Waals surface area (Å²) in [5, 5.41) is 4.44. The van der Waals surface area contributed by atoms with Crippen molar-refractivity contribution in [2.45, 2.75) is 19.0 Å². The SMILES string of the molecule is CN1C(=O)C[C@@H](CN=C(N)N)[C@@H]1c1cnn(Cc2ccccc2)c1.I. The lowest BCUT2D eigenvalue weighted by molar-refractivity contribution is -0.127. The van der Waals surface area contributed by atoms with Gasteiger partial charge in [-0.3, -0.25) is 14.5 Å². The molecule has 4 N–H and O–H groups in total. The van der Waals surface area contributed by atoms with E-state index in [1.807, 2.05) is 42.3 Å². The second kappa shape index (κ2) is 8.32. The molecule has 25 heavy (non-hydrogen) atoms. The molecule has 8 heteroatoms. The summed E-state index contributed by atoms with van der Waals surface area (Å²) in [7, 11) is 1.82. The van der Waals surface area contributed by atoms with Crippen molar-refractivity contribution in [3.05, 3.63) is 53.9 Å². The Kier molecular flexibility index (Phi) is 6.40. The van der Waals surface area contributed by atoms with Gasteiger partial charge >= 0.3 is 0 Å². The van der Waals surface area contributed by atoms with Gasteiger partial charge in [0.25, 0.3) is 0 Å². The fourth-order valence-corrected chi connectivity index (χ4v) is 3.22. The molecule has 7 nitrogen and oxygen atoms in total. The van der Waals surface area contributed by atoms with E-state index in [2.05, 4.69) is 22.2 Å². The number of aliphatic imine (C=N–C) groups is 1. The number of nitrogens with zero attached hydrogens (tertiary/aromatic N) is 4. The summed E-state index contributed by atoms with van der Waals surface area (Å²) in [6.45, 7) is 1.14. The Morgan fingerprint density at radius 2 is 2.04 bits per heavy atom. The molecular weight excluding hydrogens is 431 g/mol. The van der Waals surface area contributed by atoms with E-state index in [-0.39, 0.29) is 47.8 Å². The highest BCUT2D eigenvalue weighted by atomic mass is 127. The summed E-state index contributed by atoms with van der Waals surface area (Å²) in [6, 6.07) is 10.1. The molecule has 0 radical (unpaired) electrons. The predicted molar refractivity (Wildman–Crippen MR) is 107 cm³/mol. The maximum absolute atomic E-state index is 12.1. The number of halogens is 1. The topological polar surface area (TPSA) is 103 Å². The molecule has 1 aliphatic rings. The van der Waals surface area contributed by atoms with Gasteiger partial charge in [0.2, 0.25) is 5.91 Å². The molecule has 134 valence electrons. The van der Waals surface area contributed by atoms with Gasteiger partial charge < -0.3 is 16.4 Å². The van der Waals surface area contributed by atoms with Crippen LogP contribution in [0, 0.1) is 5.92 Å². The number of carbonyl (C=O) groups excluding carboxylic acids is 1. The first kappa shape index (κ1) is 19.2. The van der Waals surface area contributed by atoms with Crippen LogP contribution in [-0.4, -0.2) is 40.1 Å². The summed E-state index contributed by atoms with van der Waals surface area (Å²) in [6.07, 6.45) is 4.27. The molecule has 1 saturated heterocycles. The Balaban J connectivity index is 0.00000225. The van der Waals surface area contributed by atoms with E-state index in [4.69, 9.17) is 11.5 Å². The summed E-state index contributed by atoms with van der Waals surface area (Å²) >= 11 is 0. The van der Waals surface area contributed by atoms with Gasteiger partial charge in [0.15, 0.2) is 5.96 Å². The normalized spacial score (nSPS) is 19.6. The zero-order valence-corrected chi connectivity index (χ0v) is 16.4. The summed E-state index contributed by atoms with van der Waals surface area (Å²) in [4.78, 5) is 18.0. The summed E-state index contributed by atoms with van der Waals surface area (Å²) in [5.74, 6) is 0.209. The molecule has 2 atom stereocenters. The fraction of sp³-hybridized carbons (Fsp3) is 0.353. The zero-order valence-electron chi connectivity index (χ0n) is 14.1. The Bertz CT molecular complexity index is 741. The van der Waals surface area contributed by atoms with Crippen LogP contribution in [0.15, 0.2) is 47.7 Å². The van der Waals surface area contributed by atoms with Crippen molar-refractivity contribution in [3.8, 4) is 0 Å². The average molecular weight is 454 g/mol. The van der Waals surface area contributed by atoms with Gasteiger partial charge in [-0.05, 0) is 5.56 Å². The highest BCUT2D eigenvalue weighted by Crippen LogP contribution is 2.36. The van der Waals surface area contributed by atoms with E-state index in [0.29, 0.717) is 19.5 Å². The third-order valence-electron chi connectivity index (χ3n) is 4.38. The quantitative estimate of drug-likeness (QED) is 0.405. The number of hydrogen-bond acceptors (Lipinski definition) is 3. The van der Waals surface area contributed by atoms with Crippen LogP contribution in [0.1, 0.15) is 23.6 Å². The monoisotopic (exact) mass is 454 g/mol. The lowest BCUT2D eigenvalue weighted by Crippen LogP contribution is -2.27. The fourth-order valence-electron chi connectivity index (χ4n) is 3.22. The van der Waals surface area contributed by atoms with Crippen LogP contribution in [0.2, 0.25) is 0 Å². The molecule has 0 unspecified atom stereocenters. The van der Waals surface area contributed by atoms with Crippen LogP contribution in [0.4, 0.5) is 0 Å². The number of guanidine groups is 1. The molecule has 1 amide bonds. The number of aromatic nitrogens is 2. The minimum atomic E-state index is -0.0508. The largest absolute Gasteiger partial charge is 0.370 e. The van der Waals surface area contributed by atoms with Crippen LogP contribution < -0.4 is 11.5 Å².